The number of nitrogens with zero attached hydrogens (tertiary/aromatic N) is 4. The van der Waals surface area contributed by atoms with Crippen LogP contribution >= 0.6 is 22.9 Å². The Labute approximate surface area is 220 Å². The lowest BCUT2D eigenvalue weighted by molar-refractivity contribution is 0.00809. The lowest BCUT2D eigenvalue weighted by Crippen LogP contribution is -2.53. The maximum absolute atomic E-state index is 15.5. The number of thiazole rings is 1. The van der Waals surface area contributed by atoms with Crippen LogP contribution in [0.2, 0.25) is 5.02 Å². The van der Waals surface area contributed by atoms with Crippen molar-refractivity contribution in [2.24, 2.45) is 5.92 Å². The van der Waals surface area contributed by atoms with Gasteiger partial charge in [-0.25, -0.2) is 23.7 Å². The van der Waals surface area contributed by atoms with Crippen molar-refractivity contribution < 1.29 is 13.2 Å². The Kier molecular flexibility index (Phi) is 6.70. The minimum atomic E-state index is -1.64. The summed E-state index contributed by atoms with van der Waals surface area (Å²) in [6.45, 7) is 4.02. The van der Waals surface area contributed by atoms with Crippen molar-refractivity contribution >= 4 is 22.9 Å². The van der Waals surface area contributed by atoms with Gasteiger partial charge in [0.2, 0.25) is 0 Å². The van der Waals surface area contributed by atoms with Gasteiger partial charge in [-0.2, -0.15) is 5.26 Å². The summed E-state index contributed by atoms with van der Waals surface area (Å²) in [5.74, 6) is -1.85. The summed E-state index contributed by atoms with van der Waals surface area (Å²) in [7, 11) is 0. The molecule has 37 heavy (non-hydrogen) atoms. The predicted molar refractivity (Wildman–Crippen MR) is 136 cm³/mol. The molecular formula is C26H22ClF2N5O2S. The van der Waals surface area contributed by atoms with E-state index in [0.29, 0.717) is 29.4 Å². The molecule has 4 aromatic rings. The maximum Gasteiger partial charge on any atom is 0.434 e. The largest absolute Gasteiger partial charge is 0.434 e. The van der Waals surface area contributed by atoms with Crippen LogP contribution in [-0.4, -0.2) is 38.8 Å². The fraction of sp³-hybridized carbons (Fsp3) is 0.308. The highest BCUT2D eigenvalue weighted by atomic mass is 35.5. The summed E-state index contributed by atoms with van der Waals surface area (Å²) < 4.78 is 34.8. The first kappa shape index (κ1) is 25.3. The third-order valence-electron chi connectivity index (χ3n) is 6.52. The molecule has 0 amide bonds. The number of aromatic amines is 1. The zero-order valence-corrected chi connectivity index (χ0v) is 21.5. The van der Waals surface area contributed by atoms with E-state index < -0.39 is 23.2 Å². The molecule has 2 atom stereocenters. The molecule has 0 spiro atoms. The van der Waals surface area contributed by atoms with Gasteiger partial charge >= 0.3 is 5.76 Å². The Morgan fingerprint density at radius 3 is 2.59 bits per heavy atom. The Morgan fingerprint density at radius 2 is 1.97 bits per heavy atom. The van der Waals surface area contributed by atoms with Crippen molar-refractivity contribution in [2.75, 3.05) is 13.1 Å². The van der Waals surface area contributed by atoms with Gasteiger partial charge in [0.05, 0.1) is 17.7 Å². The van der Waals surface area contributed by atoms with Crippen LogP contribution in [0.1, 0.15) is 47.5 Å². The molecule has 0 bridgehead atoms. The third kappa shape index (κ3) is 5.21. The van der Waals surface area contributed by atoms with Crippen LogP contribution in [0.4, 0.5) is 8.78 Å². The minimum absolute atomic E-state index is 0.0995. The van der Waals surface area contributed by atoms with Gasteiger partial charge in [-0.15, -0.1) is 16.4 Å². The Morgan fingerprint density at radius 1 is 1.24 bits per heavy atom. The van der Waals surface area contributed by atoms with Gasteiger partial charge in [0.25, 0.3) is 5.89 Å². The first-order chi connectivity index (χ1) is 17.6. The highest BCUT2D eigenvalue weighted by molar-refractivity contribution is 7.10. The second-order valence-corrected chi connectivity index (χ2v) is 10.9. The number of rotatable bonds is 7. The fourth-order valence-electron chi connectivity index (χ4n) is 5.06. The molecule has 11 heteroatoms. The van der Waals surface area contributed by atoms with Crippen LogP contribution in [0.5, 0.6) is 0 Å². The molecule has 0 saturated carbocycles. The van der Waals surface area contributed by atoms with Crippen LogP contribution in [0, 0.1) is 23.1 Å². The summed E-state index contributed by atoms with van der Waals surface area (Å²) in [5.41, 5.74) is 0.377. The Balaban J connectivity index is 1.46. The van der Waals surface area contributed by atoms with Crippen LogP contribution in [0.15, 0.2) is 57.1 Å². The summed E-state index contributed by atoms with van der Waals surface area (Å²) in [6.07, 6.45) is 0. The van der Waals surface area contributed by atoms with Crippen molar-refractivity contribution in [3.63, 3.8) is 0 Å². The molecule has 2 aromatic heterocycles. The van der Waals surface area contributed by atoms with E-state index in [9.17, 15) is 14.4 Å². The molecule has 0 unspecified atom stereocenters. The predicted octanol–water partition coefficient (Wildman–Crippen LogP) is 5.70. The van der Waals surface area contributed by atoms with Crippen LogP contribution < -0.4 is 5.76 Å². The van der Waals surface area contributed by atoms with E-state index in [2.05, 4.69) is 20.1 Å². The average molecular weight is 542 g/mol. The van der Waals surface area contributed by atoms with E-state index in [1.54, 1.807) is 23.6 Å². The molecule has 1 saturated heterocycles. The zero-order chi connectivity index (χ0) is 26.3. The first-order valence-electron chi connectivity index (χ1n) is 11.5. The van der Waals surface area contributed by atoms with E-state index in [1.165, 1.54) is 31.3 Å². The van der Waals surface area contributed by atoms with Crippen molar-refractivity contribution in [2.45, 2.75) is 31.5 Å². The molecule has 0 aliphatic carbocycles. The molecular weight excluding hydrogens is 520 g/mol. The van der Waals surface area contributed by atoms with E-state index in [4.69, 9.17) is 16.0 Å². The number of hydrogen-bond donors (Lipinski definition) is 1. The number of halogens is 3. The second-order valence-electron chi connectivity index (χ2n) is 9.58. The molecule has 1 aliphatic heterocycles. The number of aromatic nitrogens is 3. The summed E-state index contributed by atoms with van der Waals surface area (Å²) in [4.78, 5) is 18.2. The van der Waals surface area contributed by atoms with E-state index in [0.717, 1.165) is 16.6 Å². The van der Waals surface area contributed by atoms with Gasteiger partial charge in [-0.1, -0.05) is 23.7 Å². The molecule has 1 fully saturated rings. The number of H-pyrrole nitrogens is 1. The molecule has 190 valence electrons. The summed E-state index contributed by atoms with van der Waals surface area (Å²) >= 11 is 7.52. The molecule has 2 aromatic carbocycles. The number of hydrogen-bond acceptors (Lipinski definition) is 7. The fourth-order valence-corrected chi connectivity index (χ4v) is 6.14. The van der Waals surface area contributed by atoms with Gasteiger partial charge in [-0.3, -0.25) is 4.90 Å². The van der Waals surface area contributed by atoms with Crippen molar-refractivity contribution in [3.8, 4) is 17.7 Å². The molecule has 3 heterocycles. The van der Waals surface area contributed by atoms with E-state index in [-0.39, 0.29) is 23.4 Å². The Hall–Kier alpha value is -3.39. The molecule has 7 nitrogen and oxygen atoms in total. The molecule has 5 rings (SSSR count). The van der Waals surface area contributed by atoms with Crippen LogP contribution in [-0.2, 0) is 0 Å². The monoisotopic (exact) mass is 541 g/mol. The average Bonchev–Trinajstić information content (AvgIpc) is 3.46. The van der Waals surface area contributed by atoms with Gasteiger partial charge in [0.15, 0.2) is 0 Å². The highest BCUT2D eigenvalue weighted by Crippen LogP contribution is 2.46. The highest BCUT2D eigenvalue weighted by Gasteiger charge is 2.46. The lowest BCUT2D eigenvalue weighted by Gasteiger charge is -2.49. The van der Waals surface area contributed by atoms with Crippen molar-refractivity contribution in [1.29, 1.82) is 5.26 Å². The normalized spacial score (nSPS) is 16.2. The summed E-state index contributed by atoms with van der Waals surface area (Å²) in [6, 6.07) is 13.2. The molecule has 1 aliphatic rings. The summed E-state index contributed by atoms with van der Waals surface area (Å²) in [5, 5.41) is 18.5. The first-order valence-corrected chi connectivity index (χ1v) is 12.8. The topological polar surface area (TPSA) is 98.8 Å². The number of alkyl halides is 1. The Bertz CT molecular complexity index is 1510. The quantitative estimate of drug-likeness (QED) is 0.322. The van der Waals surface area contributed by atoms with Gasteiger partial charge < -0.3 is 4.42 Å². The zero-order valence-electron chi connectivity index (χ0n) is 19.9. The van der Waals surface area contributed by atoms with Gasteiger partial charge in [-0.05, 0) is 61.2 Å². The van der Waals surface area contributed by atoms with Crippen molar-refractivity contribution in [3.05, 3.63) is 90.9 Å². The number of benzene rings is 2. The molecule has 1 N–H and O–H groups in total. The SMILES string of the molecule is CC(C)(F)[C@@H](c1cc(F)cc(C#N)c1)C1CN([C@H](c2ccc(Cl)cc2)c2nc(-c3n[nH]c(=O)o3)cs2)C1. The standard InChI is InChI=1S/C26H22ClF2N5O2S/c1-26(2,29)21(16-7-14(10-30)8-19(28)9-16)17-11-34(12-17)22(15-3-5-18(27)6-4-15)24-31-20(13-37-24)23-32-33-25(35)36-23/h3-9,13,17,21-22H,11-12H2,1-2H3,(H,33,35)/t21-,22+/m0/s1. The smallest absolute Gasteiger partial charge is 0.386 e. The van der Waals surface area contributed by atoms with Crippen molar-refractivity contribution in [1.82, 2.24) is 20.1 Å². The molecule has 0 radical (unpaired) electrons. The third-order valence-corrected chi connectivity index (χ3v) is 7.67. The van der Waals surface area contributed by atoms with Gasteiger partial charge in [0.1, 0.15) is 22.2 Å². The van der Waals surface area contributed by atoms with E-state index in [1.807, 2.05) is 18.2 Å². The van der Waals surface area contributed by atoms with Crippen LogP contribution in [0.25, 0.3) is 11.6 Å². The minimum Gasteiger partial charge on any atom is -0.386 e. The maximum atomic E-state index is 15.5. The van der Waals surface area contributed by atoms with E-state index >= 15 is 4.39 Å². The lowest BCUT2D eigenvalue weighted by atomic mass is 9.72. The number of nitriles is 1. The number of likely N-dealkylation sites (tertiary alicyclic amines) is 1. The number of nitrogens with one attached hydrogen (secondary N) is 1. The van der Waals surface area contributed by atoms with Crippen LogP contribution in [0.3, 0.4) is 0 Å². The second kappa shape index (κ2) is 9.82. The van der Waals surface area contributed by atoms with Gasteiger partial charge in [0, 0.05) is 29.4 Å².